The monoisotopic (exact) mass is 300 g/mol. The van der Waals surface area contributed by atoms with E-state index in [1.54, 1.807) is 19.1 Å². The molecule has 1 aromatic rings. The van der Waals surface area contributed by atoms with E-state index < -0.39 is 0 Å². The number of benzene rings is 1. The molecule has 0 unspecified atom stereocenters. The van der Waals surface area contributed by atoms with Gasteiger partial charge in [-0.05, 0) is 18.2 Å². The molecular weight excluding hydrogens is 284 g/mol. The summed E-state index contributed by atoms with van der Waals surface area (Å²) in [6, 6.07) is 5.73. The van der Waals surface area contributed by atoms with Crippen molar-refractivity contribution in [3.63, 3.8) is 0 Å². The van der Waals surface area contributed by atoms with E-state index in [0.29, 0.717) is 19.5 Å². The van der Waals surface area contributed by atoms with Crippen LogP contribution in [-0.2, 0) is 11.3 Å². The van der Waals surface area contributed by atoms with Gasteiger partial charge in [-0.1, -0.05) is 15.9 Å². The van der Waals surface area contributed by atoms with E-state index >= 15 is 0 Å². The zero-order chi connectivity index (χ0) is 12.8. The Morgan fingerprint density at radius 3 is 2.82 bits per heavy atom. The first-order valence-corrected chi connectivity index (χ1v) is 6.14. The lowest BCUT2D eigenvalue weighted by Gasteiger charge is -2.18. The van der Waals surface area contributed by atoms with Crippen LogP contribution in [0, 0.1) is 0 Å². The first-order valence-electron chi connectivity index (χ1n) is 5.35. The van der Waals surface area contributed by atoms with Crippen molar-refractivity contribution in [2.45, 2.75) is 13.0 Å². The largest absolute Gasteiger partial charge is 0.496 e. The fourth-order valence-corrected chi connectivity index (χ4v) is 1.94. The molecule has 5 heteroatoms. The molecule has 0 heterocycles. The molecule has 4 nitrogen and oxygen atoms in total. The average molecular weight is 301 g/mol. The number of nitrogens with zero attached hydrogens (tertiary/aromatic N) is 1. The topological polar surface area (TPSA) is 55.6 Å². The second kappa shape index (κ2) is 6.61. The van der Waals surface area contributed by atoms with Crippen LogP contribution in [0.25, 0.3) is 0 Å². The van der Waals surface area contributed by atoms with Crippen LogP contribution in [-0.4, -0.2) is 31.5 Å². The van der Waals surface area contributed by atoms with Gasteiger partial charge < -0.3 is 15.4 Å². The van der Waals surface area contributed by atoms with Gasteiger partial charge in [-0.25, -0.2) is 0 Å². The standard InChI is InChI=1S/C12H17BrN2O2/c1-15(12(16)5-6-14)8-9-7-10(13)3-4-11(9)17-2/h3-4,7H,5-6,8,14H2,1-2H3. The lowest BCUT2D eigenvalue weighted by molar-refractivity contribution is -0.130. The van der Waals surface area contributed by atoms with Gasteiger partial charge in [0.05, 0.1) is 7.11 Å². The average Bonchev–Trinajstić information content (AvgIpc) is 2.29. The zero-order valence-electron chi connectivity index (χ0n) is 10.1. The normalized spacial score (nSPS) is 10.1. The van der Waals surface area contributed by atoms with E-state index in [0.717, 1.165) is 15.8 Å². The summed E-state index contributed by atoms with van der Waals surface area (Å²) in [7, 11) is 3.38. The number of methoxy groups -OCH3 is 1. The summed E-state index contributed by atoms with van der Waals surface area (Å²) in [6.07, 6.45) is 0.368. The molecule has 1 aromatic carbocycles. The Morgan fingerprint density at radius 2 is 2.24 bits per heavy atom. The third-order valence-electron chi connectivity index (χ3n) is 2.43. The maximum absolute atomic E-state index is 11.6. The second-order valence-corrected chi connectivity index (χ2v) is 4.66. The van der Waals surface area contributed by atoms with Crippen LogP contribution in [0.15, 0.2) is 22.7 Å². The van der Waals surface area contributed by atoms with E-state index in [1.807, 2.05) is 18.2 Å². The number of carbonyl (C=O) groups is 1. The number of hydrogen-bond donors (Lipinski definition) is 1. The van der Waals surface area contributed by atoms with Gasteiger partial charge in [0, 0.05) is 36.6 Å². The Balaban J connectivity index is 2.79. The number of amides is 1. The van der Waals surface area contributed by atoms with Crippen LogP contribution in [0.1, 0.15) is 12.0 Å². The van der Waals surface area contributed by atoms with Gasteiger partial charge in [0.25, 0.3) is 0 Å². The van der Waals surface area contributed by atoms with Crippen molar-refractivity contribution >= 4 is 21.8 Å². The molecule has 0 aliphatic carbocycles. The van der Waals surface area contributed by atoms with E-state index in [-0.39, 0.29) is 5.91 Å². The Bertz CT molecular complexity index is 396. The van der Waals surface area contributed by atoms with Crippen LogP contribution in [0.3, 0.4) is 0 Å². The predicted molar refractivity (Wildman–Crippen MR) is 70.8 cm³/mol. The second-order valence-electron chi connectivity index (χ2n) is 3.74. The summed E-state index contributed by atoms with van der Waals surface area (Å²) in [5.41, 5.74) is 6.33. The van der Waals surface area contributed by atoms with Gasteiger partial charge >= 0.3 is 0 Å². The van der Waals surface area contributed by atoms with Crippen LogP contribution in [0.2, 0.25) is 0 Å². The minimum absolute atomic E-state index is 0.0366. The fraction of sp³-hybridized carbons (Fsp3) is 0.417. The molecule has 0 atom stereocenters. The summed E-state index contributed by atoms with van der Waals surface area (Å²) in [5, 5.41) is 0. The number of rotatable bonds is 5. The van der Waals surface area contributed by atoms with Crippen molar-refractivity contribution < 1.29 is 9.53 Å². The van der Waals surface area contributed by atoms with Gasteiger partial charge in [0.15, 0.2) is 0 Å². The van der Waals surface area contributed by atoms with Crippen molar-refractivity contribution in [3.05, 3.63) is 28.2 Å². The fourth-order valence-electron chi connectivity index (χ4n) is 1.53. The highest BCUT2D eigenvalue weighted by Gasteiger charge is 2.11. The molecule has 0 aliphatic heterocycles. The minimum atomic E-state index is 0.0366. The summed E-state index contributed by atoms with van der Waals surface area (Å²) < 4.78 is 6.22. The third kappa shape index (κ3) is 4.02. The quantitative estimate of drug-likeness (QED) is 0.901. The first-order chi connectivity index (χ1) is 8.08. The minimum Gasteiger partial charge on any atom is -0.496 e. The molecule has 2 N–H and O–H groups in total. The molecule has 1 amide bonds. The molecule has 17 heavy (non-hydrogen) atoms. The number of nitrogens with two attached hydrogens (primary N) is 1. The Kier molecular flexibility index (Phi) is 5.44. The maximum Gasteiger partial charge on any atom is 0.223 e. The summed E-state index contributed by atoms with van der Waals surface area (Å²) >= 11 is 3.40. The van der Waals surface area contributed by atoms with E-state index in [9.17, 15) is 4.79 Å². The van der Waals surface area contributed by atoms with E-state index in [2.05, 4.69) is 15.9 Å². The Morgan fingerprint density at radius 1 is 1.53 bits per heavy atom. The molecule has 0 saturated heterocycles. The molecule has 0 radical (unpaired) electrons. The van der Waals surface area contributed by atoms with Crippen LogP contribution < -0.4 is 10.5 Å². The van der Waals surface area contributed by atoms with Crippen LogP contribution >= 0.6 is 15.9 Å². The highest BCUT2D eigenvalue weighted by molar-refractivity contribution is 9.10. The summed E-state index contributed by atoms with van der Waals surface area (Å²) in [5.74, 6) is 0.815. The summed E-state index contributed by atoms with van der Waals surface area (Å²) in [6.45, 7) is 0.889. The highest BCUT2D eigenvalue weighted by atomic mass is 79.9. The van der Waals surface area contributed by atoms with Gasteiger partial charge in [-0.2, -0.15) is 0 Å². The predicted octanol–water partition coefficient (Wildman–Crippen LogP) is 1.76. The van der Waals surface area contributed by atoms with Crippen molar-refractivity contribution in [2.24, 2.45) is 5.73 Å². The van der Waals surface area contributed by atoms with Gasteiger partial charge in [-0.3, -0.25) is 4.79 Å². The first kappa shape index (κ1) is 14.0. The molecule has 0 saturated carbocycles. The van der Waals surface area contributed by atoms with Crippen molar-refractivity contribution in [1.29, 1.82) is 0 Å². The van der Waals surface area contributed by atoms with Crippen LogP contribution in [0.5, 0.6) is 5.75 Å². The SMILES string of the molecule is COc1ccc(Br)cc1CN(C)C(=O)CCN. The molecule has 0 spiro atoms. The van der Waals surface area contributed by atoms with Gasteiger partial charge in [-0.15, -0.1) is 0 Å². The Labute approximate surface area is 110 Å². The van der Waals surface area contributed by atoms with Gasteiger partial charge in [0.1, 0.15) is 5.75 Å². The smallest absolute Gasteiger partial charge is 0.223 e. The molecular formula is C12H17BrN2O2. The highest BCUT2D eigenvalue weighted by Crippen LogP contribution is 2.24. The number of ether oxygens (including phenoxy) is 1. The summed E-state index contributed by atoms with van der Waals surface area (Å²) in [4.78, 5) is 13.3. The molecule has 94 valence electrons. The third-order valence-corrected chi connectivity index (χ3v) is 2.93. The lowest BCUT2D eigenvalue weighted by Crippen LogP contribution is -2.28. The molecule has 0 aliphatic rings. The molecule has 0 aromatic heterocycles. The maximum atomic E-state index is 11.6. The molecule has 1 rings (SSSR count). The van der Waals surface area contributed by atoms with Gasteiger partial charge in [0.2, 0.25) is 5.91 Å². The lowest BCUT2D eigenvalue weighted by atomic mass is 10.2. The number of carbonyl (C=O) groups excluding carboxylic acids is 1. The van der Waals surface area contributed by atoms with Crippen LogP contribution in [0.4, 0.5) is 0 Å². The van der Waals surface area contributed by atoms with Crippen molar-refractivity contribution in [3.8, 4) is 5.75 Å². The number of hydrogen-bond acceptors (Lipinski definition) is 3. The van der Waals surface area contributed by atoms with Crippen molar-refractivity contribution in [1.82, 2.24) is 4.90 Å². The van der Waals surface area contributed by atoms with E-state index in [1.165, 1.54) is 0 Å². The molecule has 0 fully saturated rings. The van der Waals surface area contributed by atoms with Crippen molar-refractivity contribution in [2.75, 3.05) is 20.7 Å². The van der Waals surface area contributed by atoms with E-state index in [4.69, 9.17) is 10.5 Å². The molecule has 0 bridgehead atoms. The zero-order valence-corrected chi connectivity index (χ0v) is 11.7. The Hall–Kier alpha value is -1.07. The number of halogens is 1.